The van der Waals surface area contributed by atoms with Gasteiger partial charge in [0.2, 0.25) is 0 Å². The molecule has 3 rings (SSSR count). The highest BCUT2D eigenvalue weighted by Crippen LogP contribution is 2.25. The number of aromatic nitrogens is 1. The Morgan fingerprint density at radius 3 is 3.05 bits per heavy atom. The van der Waals surface area contributed by atoms with E-state index in [-0.39, 0.29) is 0 Å². The first-order chi connectivity index (χ1) is 10.3. The Hall–Kier alpha value is -1.39. The zero-order valence-corrected chi connectivity index (χ0v) is 13.6. The van der Waals surface area contributed by atoms with Crippen molar-refractivity contribution in [3.05, 3.63) is 58.8 Å². The van der Waals surface area contributed by atoms with Crippen LogP contribution in [0.3, 0.4) is 0 Å². The smallest absolute Gasteiger partial charge is 0.0377 e. The van der Waals surface area contributed by atoms with E-state index in [1.807, 2.05) is 18.5 Å². The molecule has 0 saturated carbocycles. The van der Waals surface area contributed by atoms with Crippen molar-refractivity contribution in [2.24, 2.45) is 5.92 Å². The first kappa shape index (κ1) is 14.5. The zero-order valence-electron chi connectivity index (χ0n) is 12.0. The molecule has 1 aromatic carbocycles. The largest absolute Gasteiger partial charge is 0.371 e. The maximum Gasteiger partial charge on any atom is 0.0377 e. The molecular formula is C17H20BrN3. The number of hydrogen-bond acceptors (Lipinski definition) is 3. The molecule has 0 spiro atoms. The van der Waals surface area contributed by atoms with Crippen LogP contribution in [0.15, 0.2) is 53.3 Å². The summed E-state index contributed by atoms with van der Waals surface area (Å²) in [6.45, 7) is 4.26. The van der Waals surface area contributed by atoms with Gasteiger partial charge < -0.3 is 10.2 Å². The monoisotopic (exact) mass is 345 g/mol. The van der Waals surface area contributed by atoms with Gasteiger partial charge in [-0.1, -0.05) is 28.1 Å². The van der Waals surface area contributed by atoms with Crippen molar-refractivity contribution in [1.82, 2.24) is 10.3 Å². The maximum atomic E-state index is 4.14. The fourth-order valence-corrected chi connectivity index (χ4v) is 3.22. The number of pyridine rings is 1. The lowest BCUT2D eigenvalue weighted by Crippen LogP contribution is -2.26. The van der Waals surface area contributed by atoms with Gasteiger partial charge in [0.15, 0.2) is 0 Å². The molecule has 1 N–H and O–H groups in total. The quantitative estimate of drug-likeness (QED) is 0.899. The molecule has 1 unspecified atom stereocenters. The lowest BCUT2D eigenvalue weighted by Gasteiger charge is -2.19. The third-order valence-corrected chi connectivity index (χ3v) is 4.44. The fraction of sp³-hybridized carbons (Fsp3) is 0.353. The number of halogens is 1. The molecule has 0 radical (unpaired) electrons. The predicted octanol–water partition coefficient (Wildman–Crippen LogP) is 3.46. The Kier molecular flexibility index (Phi) is 4.88. The van der Waals surface area contributed by atoms with Crippen LogP contribution in [0.1, 0.15) is 12.0 Å². The second kappa shape index (κ2) is 7.05. The topological polar surface area (TPSA) is 28.2 Å². The summed E-state index contributed by atoms with van der Waals surface area (Å²) < 4.78 is 1.15. The summed E-state index contributed by atoms with van der Waals surface area (Å²) in [4.78, 5) is 6.62. The molecule has 4 heteroatoms. The molecule has 1 aliphatic rings. The lowest BCUT2D eigenvalue weighted by molar-refractivity contribution is 0.516. The number of anilines is 1. The number of hydrogen-bond donors (Lipinski definition) is 1. The molecule has 0 bridgehead atoms. The summed E-state index contributed by atoms with van der Waals surface area (Å²) in [7, 11) is 0. The number of benzene rings is 1. The molecule has 0 aliphatic carbocycles. The van der Waals surface area contributed by atoms with E-state index in [1.54, 1.807) is 0 Å². The summed E-state index contributed by atoms with van der Waals surface area (Å²) in [5.41, 5.74) is 2.57. The third kappa shape index (κ3) is 4.05. The molecule has 0 amide bonds. The van der Waals surface area contributed by atoms with Gasteiger partial charge in [0.1, 0.15) is 0 Å². The molecule has 21 heavy (non-hydrogen) atoms. The average molecular weight is 346 g/mol. The van der Waals surface area contributed by atoms with Gasteiger partial charge in [0, 0.05) is 48.7 Å². The van der Waals surface area contributed by atoms with Gasteiger partial charge in [0.25, 0.3) is 0 Å². The van der Waals surface area contributed by atoms with Crippen LogP contribution in [0.2, 0.25) is 0 Å². The number of nitrogens with zero attached hydrogens (tertiary/aromatic N) is 2. The Balaban J connectivity index is 1.47. The summed E-state index contributed by atoms with van der Waals surface area (Å²) >= 11 is 3.55. The fourth-order valence-electron chi connectivity index (χ4n) is 2.83. The van der Waals surface area contributed by atoms with E-state index in [0.717, 1.165) is 36.6 Å². The highest BCUT2D eigenvalue weighted by Gasteiger charge is 2.22. The van der Waals surface area contributed by atoms with E-state index in [1.165, 1.54) is 17.7 Å². The molecular weight excluding hydrogens is 326 g/mol. The summed E-state index contributed by atoms with van der Waals surface area (Å²) in [6.07, 6.45) is 5.00. The highest BCUT2D eigenvalue weighted by atomic mass is 79.9. The van der Waals surface area contributed by atoms with Gasteiger partial charge >= 0.3 is 0 Å². The van der Waals surface area contributed by atoms with E-state index < -0.39 is 0 Å². The Morgan fingerprint density at radius 1 is 1.29 bits per heavy atom. The van der Waals surface area contributed by atoms with Crippen LogP contribution in [-0.2, 0) is 6.54 Å². The second-order valence-electron chi connectivity index (χ2n) is 5.57. The van der Waals surface area contributed by atoms with E-state index >= 15 is 0 Å². The minimum atomic E-state index is 0.723. The summed E-state index contributed by atoms with van der Waals surface area (Å²) in [5, 5.41) is 3.55. The van der Waals surface area contributed by atoms with Gasteiger partial charge in [-0.05, 0) is 42.2 Å². The van der Waals surface area contributed by atoms with Gasteiger partial charge in [-0.3, -0.25) is 4.98 Å². The first-order valence-electron chi connectivity index (χ1n) is 7.41. The van der Waals surface area contributed by atoms with Crippen LogP contribution in [-0.4, -0.2) is 24.6 Å². The van der Waals surface area contributed by atoms with Crippen LogP contribution >= 0.6 is 15.9 Å². The van der Waals surface area contributed by atoms with Crippen LogP contribution < -0.4 is 10.2 Å². The van der Waals surface area contributed by atoms with E-state index in [4.69, 9.17) is 0 Å². The van der Waals surface area contributed by atoms with Gasteiger partial charge in [-0.15, -0.1) is 0 Å². The predicted molar refractivity (Wildman–Crippen MR) is 90.4 cm³/mol. The minimum Gasteiger partial charge on any atom is -0.371 e. The number of nitrogens with one attached hydrogen (secondary N) is 1. The summed E-state index contributed by atoms with van der Waals surface area (Å²) in [5.74, 6) is 0.723. The van der Waals surface area contributed by atoms with E-state index in [2.05, 4.69) is 61.5 Å². The van der Waals surface area contributed by atoms with Gasteiger partial charge in [-0.2, -0.15) is 0 Å². The zero-order chi connectivity index (χ0) is 14.5. The minimum absolute atomic E-state index is 0.723. The summed E-state index contributed by atoms with van der Waals surface area (Å²) in [6, 6.07) is 12.7. The Labute approximate surface area is 134 Å². The van der Waals surface area contributed by atoms with Crippen molar-refractivity contribution < 1.29 is 0 Å². The maximum absolute atomic E-state index is 4.14. The van der Waals surface area contributed by atoms with E-state index in [0.29, 0.717) is 0 Å². The van der Waals surface area contributed by atoms with Crippen molar-refractivity contribution >= 4 is 21.6 Å². The van der Waals surface area contributed by atoms with Crippen molar-refractivity contribution in [1.29, 1.82) is 0 Å². The molecule has 1 fully saturated rings. The van der Waals surface area contributed by atoms with Crippen molar-refractivity contribution in [3.8, 4) is 0 Å². The highest BCUT2D eigenvalue weighted by molar-refractivity contribution is 9.10. The van der Waals surface area contributed by atoms with Crippen molar-refractivity contribution in [2.45, 2.75) is 13.0 Å². The van der Waals surface area contributed by atoms with Crippen LogP contribution in [0.5, 0.6) is 0 Å². The van der Waals surface area contributed by atoms with Crippen LogP contribution in [0.4, 0.5) is 5.69 Å². The molecule has 1 saturated heterocycles. The Morgan fingerprint density at radius 2 is 2.24 bits per heavy atom. The first-order valence-corrected chi connectivity index (χ1v) is 8.21. The molecule has 1 aromatic heterocycles. The molecule has 110 valence electrons. The Bertz CT molecular complexity index is 573. The van der Waals surface area contributed by atoms with Crippen molar-refractivity contribution in [2.75, 3.05) is 24.5 Å². The third-order valence-electron chi connectivity index (χ3n) is 3.94. The van der Waals surface area contributed by atoms with Gasteiger partial charge in [0.05, 0.1) is 0 Å². The molecule has 3 nitrogen and oxygen atoms in total. The molecule has 2 aromatic rings. The average Bonchev–Trinajstić information content (AvgIpc) is 2.97. The SMILES string of the molecule is Brc1cccc(N2CCC(CNCc3cccnc3)C2)c1. The normalized spacial score (nSPS) is 18.1. The second-order valence-corrected chi connectivity index (χ2v) is 6.49. The van der Waals surface area contributed by atoms with Crippen molar-refractivity contribution in [3.63, 3.8) is 0 Å². The standard InChI is InChI=1S/C17H20BrN3/c18-16-4-1-5-17(9-16)21-8-6-15(13-21)12-20-11-14-3-2-7-19-10-14/h1-5,7,9-10,15,20H,6,8,11-13H2. The molecule has 1 atom stereocenters. The van der Waals surface area contributed by atoms with Crippen LogP contribution in [0, 0.1) is 5.92 Å². The van der Waals surface area contributed by atoms with Gasteiger partial charge in [-0.25, -0.2) is 0 Å². The van der Waals surface area contributed by atoms with Crippen LogP contribution in [0.25, 0.3) is 0 Å². The number of rotatable bonds is 5. The molecule has 1 aliphatic heterocycles. The van der Waals surface area contributed by atoms with E-state index in [9.17, 15) is 0 Å². The molecule has 2 heterocycles. The lowest BCUT2D eigenvalue weighted by atomic mass is 10.1.